The van der Waals surface area contributed by atoms with E-state index in [1.54, 1.807) is 6.07 Å². The molecule has 0 radical (unpaired) electrons. The summed E-state index contributed by atoms with van der Waals surface area (Å²) >= 11 is 3.43. The van der Waals surface area contributed by atoms with E-state index in [9.17, 15) is 9.18 Å². The van der Waals surface area contributed by atoms with Crippen molar-refractivity contribution in [3.63, 3.8) is 0 Å². The normalized spacial score (nSPS) is 16.2. The second kappa shape index (κ2) is 5.26. The third-order valence-corrected chi connectivity index (χ3v) is 4.48. The molecule has 0 atom stereocenters. The lowest BCUT2D eigenvalue weighted by Gasteiger charge is -2.14. The second-order valence-corrected chi connectivity index (χ2v) is 5.19. The zero-order valence-corrected chi connectivity index (χ0v) is 11.7. The summed E-state index contributed by atoms with van der Waals surface area (Å²) in [6.45, 7) is 0.564. The SMILES string of the molecule is COc1cccc(F)c1C(=O)NCC1(CBr)CC1. The highest BCUT2D eigenvalue weighted by molar-refractivity contribution is 9.09. The molecule has 1 fully saturated rings. The molecule has 1 N–H and O–H groups in total. The molecule has 0 unspecified atom stereocenters. The Balaban J connectivity index is 2.09. The number of halogens is 2. The standard InChI is InChI=1S/C13H15BrFNO2/c1-18-10-4-2-3-9(15)11(10)12(17)16-8-13(7-14)5-6-13/h2-4H,5-8H2,1H3,(H,16,17). The summed E-state index contributed by atoms with van der Waals surface area (Å²) in [5.74, 6) is -0.719. The van der Waals surface area contributed by atoms with E-state index in [4.69, 9.17) is 4.74 Å². The van der Waals surface area contributed by atoms with Crippen LogP contribution in [0.4, 0.5) is 4.39 Å². The van der Waals surface area contributed by atoms with Crippen LogP contribution in [0.25, 0.3) is 0 Å². The summed E-state index contributed by atoms with van der Waals surface area (Å²) in [5.41, 5.74) is 0.138. The van der Waals surface area contributed by atoms with Crippen LogP contribution in [0.2, 0.25) is 0 Å². The predicted molar refractivity (Wildman–Crippen MR) is 70.7 cm³/mol. The quantitative estimate of drug-likeness (QED) is 0.848. The number of rotatable bonds is 5. The van der Waals surface area contributed by atoms with Gasteiger partial charge in [-0.15, -0.1) is 0 Å². The van der Waals surface area contributed by atoms with E-state index in [1.807, 2.05) is 0 Å². The molecule has 2 rings (SSSR count). The van der Waals surface area contributed by atoms with Crippen molar-refractivity contribution in [1.29, 1.82) is 0 Å². The minimum atomic E-state index is -0.560. The minimum Gasteiger partial charge on any atom is -0.496 e. The Labute approximate surface area is 114 Å². The van der Waals surface area contributed by atoms with Crippen molar-refractivity contribution in [2.24, 2.45) is 5.41 Å². The van der Waals surface area contributed by atoms with Gasteiger partial charge in [0, 0.05) is 11.9 Å². The van der Waals surface area contributed by atoms with Crippen molar-refractivity contribution in [3.8, 4) is 5.75 Å². The van der Waals surface area contributed by atoms with Crippen LogP contribution in [0.5, 0.6) is 5.75 Å². The first-order valence-corrected chi connectivity index (χ1v) is 6.91. The van der Waals surface area contributed by atoms with Crippen LogP contribution in [0.15, 0.2) is 18.2 Å². The Morgan fingerprint density at radius 2 is 2.28 bits per heavy atom. The van der Waals surface area contributed by atoms with Crippen LogP contribution in [0.3, 0.4) is 0 Å². The summed E-state index contributed by atoms with van der Waals surface area (Å²) in [6.07, 6.45) is 2.18. The number of ether oxygens (including phenoxy) is 1. The van der Waals surface area contributed by atoms with E-state index in [1.165, 1.54) is 19.2 Å². The number of carbonyl (C=O) groups is 1. The smallest absolute Gasteiger partial charge is 0.258 e. The van der Waals surface area contributed by atoms with Gasteiger partial charge in [-0.2, -0.15) is 0 Å². The molecule has 3 nitrogen and oxygen atoms in total. The Bertz CT molecular complexity index is 460. The largest absolute Gasteiger partial charge is 0.496 e. The van der Waals surface area contributed by atoms with Gasteiger partial charge < -0.3 is 10.1 Å². The Kier molecular flexibility index (Phi) is 3.90. The van der Waals surface area contributed by atoms with Crippen LogP contribution < -0.4 is 10.1 Å². The van der Waals surface area contributed by atoms with Crippen LogP contribution in [-0.2, 0) is 0 Å². The fourth-order valence-electron chi connectivity index (χ4n) is 1.79. The third-order valence-electron chi connectivity index (χ3n) is 3.29. The molecule has 98 valence electrons. The molecule has 0 spiro atoms. The lowest BCUT2D eigenvalue weighted by Crippen LogP contribution is -2.31. The minimum absolute atomic E-state index is 0.0228. The fourth-order valence-corrected chi connectivity index (χ4v) is 2.54. The lowest BCUT2D eigenvalue weighted by molar-refractivity contribution is 0.0939. The van der Waals surface area contributed by atoms with Crippen molar-refractivity contribution in [3.05, 3.63) is 29.6 Å². The molecule has 18 heavy (non-hydrogen) atoms. The average Bonchev–Trinajstić information content (AvgIpc) is 3.16. The fraction of sp³-hybridized carbons (Fsp3) is 0.462. The highest BCUT2D eigenvalue weighted by atomic mass is 79.9. The van der Waals surface area contributed by atoms with Crippen LogP contribution in [0, 0.1) is 11.2 Å². The van der Waals surface area contributed by atoms with Gasteiger partial charge >= 0.3 is 0 Å². The van der Waals surface area contributed by atoms with E-state index < -0.39 is 11.7 Å². The molecule has 0 heterocycles. The first kappa shape index (κ1) is 13.3. The number of carbonyl (C=O) groups excluding carboxylic acids is 1. The van der Waals surface area contributed by atoms with Gasteiger partial charge in [-0.05, 0) is 30.4 Å². The van der Waals surface area contributed by atoms with Gasteiger partial charge in [0.1, 0.15) is 17.1 Å². The first-order chi connectivity index (χ1) is 8.62. The monoisotopic (exact) mass is 315 g/mol. The Morgan fingerprint density at radius 3 is 2.83 bits per heavy atom. The molecule has 0 aliphatic heterocycles. The molecule has 0 aromatic heterocycles. The zero-order valence-electron chi connectivity index (χ0n) is 10.1. The number of nitrogens with one attached hydrogen (secondary N) is 1. The third kappa shape index (κ3) is 2.66. The highest BCUT2D eigenvalue weighted by Crippen LogP contribution is 2.46. The van der Waals surface area contributed by atoms with Crippen molar-refractivity contribution < 1.29 is 13.9 Å². The van der Waals surface area contributed by atoms with Gasteiger partial charge in [0.05, 0.1) is 7.11 Å². The van der Waals surface area contributed by atoms with E-state index >= 15 is 0 Å². The molecule has 1 amide bonds. The van der Waals surface area contributed by atoms with Crippen molar-refractivity contribution >= 4 is 21.8 Å². The maximum absolute atomic E-state index is 13.7. The number of hydrogen-bond acceptors (Lipinski definition) is 2. The molecule has 5 heteroatoms. The summed E-state index contributed by atoms with van der Waals surface area (Å²) in [5, 5.41) is 3.64. The molecule has 1 aliphatic carbocycles. The highest BCUT2D eigenvalue weighted by Gasteiger charge is 2.41. The van der Waals surface area contributed by atoms with Gasteiger partial charge in [0.15, 0.2) is 0 Å². The second-order valence-electron chi connectivity index (χ2n) is 4.63. The van der Waals surface area contributed by atoms with Crippen LogP contribution in [-0.4, -0.2) is 24.9 Å². The summed E-state index contributed by atoms with van der Waals surface area (Å²) < 4.78 is 18.7. The molecule has 1 aliphatic rings. The maximum atomic E-state index is 13.7. The molecule has 1 aromatic rings. The predicted octanol–water partition coefficient (Wildman–Crippen LogP) is 2.74. The molecule has 1 aromatic carbocycles. The summed E-state index contributed by atoms with van der Waals surface area (Å²) in [4.78, 5) is 12.0. The van der Waals surface area contributed by atoms with Crippen LogP contribution >= 0.6 is 15.9 Å². The summed E-state index contributed by atoms with van der Waals surface area (Å²) in [7, 11) is 1.42. The van der Waals surface area contributed by atoms with Crippen molar-refractivity contribution in [2.45, 2.75) is 12.8 Å². The molecule has 0 bridgehead atoms. The molecule has 0 saturated heterocycles. The maximum Gasteiger partial charge on any atom is 0.258 e. The van der Waals surface area contributed by atoms with Crippen molar-refractivity contribution in [1.82, 2.24) is 5.32 Å². The van der Waals surface area contributed by atoms with Gasteiger partial charge in [0.2, 0.25) is 0 Å². The number of alkyl halides is 1. The van der Waals surface area contributed by atoms with E-state index in [-0.39, 0.29) is 16.7 Å². The number of benzene rings is 1. The van der Waals surface area contributed by atoms with Gasteiger partial charge in [0.25, 0.3) is 5.91 Å². The van der Waals surface area contributed by atoms with Gasteiger partial charge in [-0.3, -0.25) is 4.79 Å². The molecule has 1 saturated carbocycles. The number of hydrogen-bond donors (Lipinski definition) is 1. The van der Waals surface area contributed by atoms with E-state index in [2.05, 4.69) is 21.2 Å². The van der Waals surface area contributed by atoms with Gasteiger partial charge in [-0.1, -0.05) is 22.0 Å². The van der Waals surface area contributed by atoms with Crippen molar-refractivity contribution in [2.75, 3.05) is 19.0 Å². The van der Waals surface area contributed by atoms with Crippen LogP contribution in [0.1, 0.15) is 23.2 Å². The van der Waals surface area contributed by atoms with E-state index in [0.717, 1.165) is 18.2 Å². The zero-order chi connectivity index (χ0) is 13.2. The average molecular weight is 316 g/mol. The topological polar surface area (TPSA) is 38.3 Å². The Hall–Kier alpha value is -1.10. The van der Waals surface area contributed by atoms with E-state index in [0.29, 0.717) is 6.54 Å². The Morgan fingerprint density at radius 1 is 1.56 bits per heavy atom. The lowest BCUT2D eigenvalue weighted by atomic mass is 10.1. The number of methoxy groups -OCH3 is 1. The first-order valence-electron chi connectivity index (χ1n) is 5.78. The van der Waals surface area contributed by atoms with Gasteiger partial charge in [-0.25, -0.2) is 4.39 Å². The molecular formula is C13H15BrFNO2. The summed E-state index contributed by atoms with van der Waals surface area (Å²) in [6, 6.07) is 4.36. The number of amides is 1. The molecular weight excluding hydrogens is 301 g/mol.